The predicted molar refractivity (Wildman–Crippen MR) is 74.3 cm³/mol. The van der Waals surface area contributed by atoms with Crippen LogP contribution in [0.4, 0.5) is 0 Å². The molecule has 1 rings (SSSR count). The van der Waals surface area contributed by atoms with Crippen LogP contribution in [0.15, 0.2) is 16.7 Å². The van der Waals surface area contributed by atoms with Crippen molar-refractivity contribution in [1.82, 2.24) is 10.3 Å². The Balaban J connectivity index is 2.62. The zero-order chi connectivity index (χ0) is 12.7. The molecule has 0 saturated carbocycles. The summed E-state index contributed by atoms with van der Waals surface area (Å²) in [5.41, 5.74) is 1.09. The number of hydrogen-bond donors (Lipinski definition) is 1. The Labute approximate surface area is 112 Å². The van der Waals surface area contributed by atoms with E-state index in [4.69, 9.17) is 4.74 Å². The van der Waals surface area contributed by atoms with Gasteiger partial charge in [-0.15, -0.1) is 0 Å². The predicted octanol–water partition coefficient (Wildman–Crippen LogP) is 3.38. The molecular formula is C13H21BrN2O. The normalized spacial score (nSPS) is 12.5. The molecule has 0 bridgehead atoms. The Bertz CT molecular complexity index is 344. The highest BCUT2D eigenvalue weighted by Crippen LogP contribution is 2.20. The Morgan fingerprint density at radius 2 is 2.29 bits per heavy atom. The maximum absolute atomic E-state index is 5.79. The van der Waals surface area contributed by atoms with Gasteiger partial charge in [0, 0.05) is 22.8 Å². The van der Waals surface area contributed by atoms with Crippen LogP contribution in [0.25, 0.3) is 0 Å². The average molecular weight is 301 g/mol. The molecule has 1 unspecified atom stereocenters. The van der Waals surface area contributed by atoms with E-state index < -0.39 is 0 Å². The molecule has 0 aliphatic carbocycles. The zero-order valence-corrected chi connectivity index (χ0v) is 12.4. The van der Waals surface area contributed by atoms with Crippen molar-refractivity contribution < 1.29 is 4.74 Å². The van der Waals surface area contributed by atoms with Crippen molar-refractivity contribution in [2.24, 2.45) is 5.92 Å². The van der Waals surface area contributed by atoms with E-state index in [1.165, 1.54) is 12.8 Å². The fourth-order valence-electron chi connectivity index (χ4n) is 1.71. The van der Waals surface area contributed by atoms with Gasteiger partial charge in [0.2, 0.25) is 5.88 Å². The molecule has 1 aromatic heterocycles. The Hall–Kier alpha value is -0.610. The van der Waals surface area contributed by atoms with E-state index >= 15 is 0 Å². The number of aromatic nitrogens is 1. The van der Waals surface area contributed by atoms with Gasteiger partial charge in [-0.1, -0.05) is 20.3 Å². The summed E-state index contributed by atoms with van der Waals surface area (Å²) < 4.78 is 6.77. The van der Waals surface area contributed by atoms with Crippen LogP contribution >= 0.6 is 15.9 Å². The third kappa shape index (κ3) is 5.04. The molecule has 0 radical (unpaired) electrons. The summed E-state index contributed by atoms with van der Waals surface area (Å²) in [6, 6.07) is 2.04. The van der Waals surface area contributed by atoms with E-state index in [0.717, 1.165) is 29.1 Å². The lowest BCUT2D eigenvalue weighted by atomic mass is 10.1. The van der Waals surface area contributed by atoms with E-state index in [1.54, 1.807) is 6.20 Å². The molecule has 3 nitrogen and oxygen atoms in total. The van der Waals surface area contributed by atoms with Gasteiger partial charge in [-0.3, -0.25) is 0 Å². The smallest absolute Gasteiger partial charge is 0.217 e. The molecule has 1 N–H and O–H groups in total. The fourth-order valence-corrected chi connectivity index (χ4v) is 2.09. The summed E-state index contributed by atoms with van der Waals surface area (Å²) in [4.78, 5) is 4.32. The first-order chi connectivity index (χ1) is 8.17. The van der Waals surface area contributed by atoms with Crippen LogP contribution in [0.2, 0.25) is 0 Å². The molecule has 1 aromatic rings. The van der Waals surface area contributed by atoms with Crippen LogP contribution in [0, 0.1) is 5.92 Å². The van der Waals surface area contributed by atoms with Gasteiger partial charge < -0.3 is 10.1 Å². The van der Waals surface area contributed by atoms with Crippen molar-refractivity contribution in [3.05, 3.63) is 22.3 Å². The van der Waals surface area contributed by atoms with Gasteiger partial charge in [-0.2, -0.15) is 0 Å². The van der Waals surface area contributed by atoms with Crippen molar-refractivity contribution in [2.75, 3.05) is 13.7 Å². The van der Waals surface area contributed by atoms with Gasteiger partial charge in [0.1, 0.15) is 0 Å². The first-order valence-corrected chi connectivity index (χ1v) is 6.88. The highest BCUT2D eigenvalue weighted by atomic mass is 79.9. The van der Waals surface area contributed by atoms with Crippen LogP contribution in [-0.2, 0) is 6.54 Å². The molecule has 1 heterocycles. The highest BCUT2D eigenvalue weighted by Gasteiger charge is 2.08. The lowest BCUT2D eigenvalue weighted by Crippen LogP contribution is -2.13. The fraction of sp³-hybridized carbons (Fsp3) is 0.615. The standard InChI is InChI=1S/C13H21BrN2O/c1-4-5-10(2)9-17-13-11(7-15-3)6-12(14)8-16-13/h6,8,10,15H,4-5,7,9H2,1-3H3. The second-order valence-electron chi connectivity index (χ2n) is 4.35. The van der Waals surface area contributed by atoms with Crippen LogP contribution in [0.5, 0.6) is 5.88 Å². The minimum Gasteiger partial charge on any atom is -0.477 e. The SMILES string of the molecule is CCCC(C)COc1ncc(Br)cc1CNC. The highest BCUT2D eigenvalue weighted by molar-refractivity contribution is 9.10. The number of nitrogens with zero attached hydrogens (tertiary/aromatic N) is 1. The topological polar surface area (TPSA) is 34.1 Å². The molecule has 1 atom stereocenters. The lowest BCUT2D eigenvalue weighted by Gasteiger charge is -2.14. The minimum atomic E-state index is 0.577. The molecule has 96 valence electrons. The largest absolute Gasteiger partial charge is 0.477 e. The van der Waals surface area contributed by atoms with Gasteiger partial charge >= 0.3 is 0 Å². The minimum absolute atomic E-state index is 0.577. The third-order valence-corrected chi connectivity index (χ3v) is 2.98. The van der Waals surface area contributed by atoms with E-state index in [2.05, 4.69) is 40.1 Å². The molecule has 0 amide bonds. The van der Waals surface area contributed by atoms with E-state index in [0.29, 0.717) is 5.92 Å². The quantitative estimate of drug-likeness (QED) is 0.838. The molecule has 0 spiro atoms. The van der Waals surface area contributed by atoms with Crippen LogP contribution in [0.3, 0.4) is 0 Å². The van der Waals surface area contributed by atoms with Crippen LogP contribution in [-0.4, -0.2) is 18.6 Å². The summed E-state index contributed by atoms with van der Waals surface area (Å²) in [5, 5.41) is 3.12. The van der Waals surface area contributed by atoms with Crippen molar-refractivity contribution >= 4 is 15.9 Å². The second kappa shape index (κ2) is 7.67. The molecule has 0 aliphatic rings. The van der Waals surface area contributed by atoms with E-state index in [9.17, 15) is 0 Å². The van der Waals surface area contributed by atoms with Gasteiger partial charge in [-0.25, -0.2) is 4.98 Å². The van der Waals surface area contributed by atoms with Gasteiger partial charge in [0.05, 0.1) is 6.61 Å². The monoisotopic (exact) mass is 300 g/mol. The summed E-state index contributed by atoms with van der Waals surface area (Å²) >= 11 is 3.43. The van der Waals surface area contributed by atoms with Crippen LogP contribution < -0.4 is 10.1 Å². The van der Waals surface area contributed by atoms with Gasteiger partial charge in [0.15, 0.2) is 0 Å². The number of pyridine rings is 1. The molecule has 0 aliphatic heterocycles. The maximum Gasteiger partial charge on any atom is 0.217 e. The first-order valence-electron chi connectivity index (χ1n) is 6.09. The van der Waals surface area contributed by atoms with E-state index in [1.807, 2.05) is 13.1 Å². The number of ether oxygens (including phenoxy) is 1. The summed E-state index contributed by atoms with van der Waals surface area (Å²) in [6.07, 6.45) is 4.17. The van der Waals surface area contributed by atoms with Crippen molar-refractivity contribution in [1.29, 1.82) is 0 Å². The molecule has 17 heavy (non-hydrogen) atoms. The summed E-state index contributed by atoms with van der Waals surface area (Å²) in [7, 11) is 1.92. The second-order valence-corrected chi connectivity index (χ2v) is 5.27. The number of nitrogens with one attached hydrogen (secondary N) is 1. The van der Waals surface area contributed by atoms with E-state index in [-0.39, 0.29) is 0 Å². The number of halogens is 1. The molecule has 4 heteroatoms. The molecular weight excluding hydrogens is 280 g/mol. The van der Waals surface area contributed by atoms with Crippen LogP contribution in [0.1, 0.15) is 32.3 Å². The van der Waals surface area contributed by atoms with Crippen molar-refractivity contribution in [3.8, 4) is 5.88 Å². The molecule has 0 fully saturated rings. The van der Waals surface area contributed by atoms with Crippen molar-refractivity contribution in [2.45, 2.75) is 33.2 Å². The van der Waals surface area contributed by atoms with Gasteiger partial charge in [0.25, 0.3) is 0 Å². The average Bonchev–Trinajstić information content (AvgIpc) is 2.29. The number of hydrogen-bond acceptors (Lipinski definition) is 3. The van der Waals surface area contributed by atoms with Gasteiger partial charge in [-0.05, 0) is 41.4 Å². The third-order valence-electron chi connectivity index (χ3n) is 2.55. The number of rotatable bonds is 7. The zero-order valence-electron chi connectivity index (χ0n) is 10.8. The Morgan fingerprint density at radius 3 is 2.94 bits per heavy atom. The first kappa shape index (κ1) is 14.5. The summed E-state index contributed by atoms with van der Waals surface area (Å²) in [6.45, 7) is 5.91. The Kier molecular flexibility index (Phi) is 6.52. The van der Waals surface area contributed by atoms with Crippen molar-refractivity contribution in [3.63, 3.8) is 0 Å². The molecule has 0 saturated heterocycles. The molecule has 0 aromatic carbocycles. The maximum atomic E-state index is 5.79. The lowest BCUT2D eigenvalue weighted by molar-refractivity contribution is 0.240. The Morgan fingerprint density at radius 1 is 1.53 bits per heavy atom. The summed E-state index contributed by atoms with van der Waals surface area (Å²) in [5.74, 6) is 1.32.